The molecule has 0 unspecified atom stereocenters. The van der Waals surface area contributed by atoms with Crippen molar-refractivity contribution in [2.24, 2.45) is 0 Å². The Hall–Kier alpha value is -2.70. The molecule has 0 N–H and O–H groups in total. The molecular formula is C24H21ClFNO3S. The van der Waals surface area contributed by atoms with Crippen molar-refractivity contribution in [2.45, 2.75) is 18.9 Å². The van der Waals surface area contributed by atoms with Gasteiger partial charge in [-0.2, -0.15) is 0 Å². The van der Waals surface area contributed by atoms with E-state index in [-0.39, 0.29) is 23.7 Å². The van der Waals surface area contributed by atoms with Crippen molar-refractivity contribution in [2.75, 3.05) is 17.3 Å². The molecule has 31 heavy (non-hydrogen) atoms. The van der Waals surface area contributed by atoms with E-state index in [0.29, 0.717) is 34.4 Å². The third-order valence-corrected chi connectivity index (χ3v) is 6.33. The summed E-state index contributed by atoms with van der Waals surface area (Å²) in [6.07, 6.45) is 0. The van der Waals surface area contributed by atoms with Crippen molar-refractivity contribution in [1.82, 2.24) is 0 Å². The highest BCUT2D eigenvalue weighted by molar-refractivity contribution is 8.00. The Morgan fingerprint density at radius 1 is 1.06 bits per heavy atom. The Labute approximate surface area is 189 Å². The number of carbonyl (C=O) groups is 1. The maximum atomic E-state index is 13.9. The zero-order chi connectivity index (χ0) is 21.8. The third kappa shape index (κ3) is 4.81. The van der Waals surface area contributed by atoms with Crippen LogP contribution in [0.4, 0.5) is 10.1 Å². The minimum Gasteiger partial charge on any atom is -0.490 e. The summed E-state index contributed by atoms with van der Waals surface area (Å²) in [5.74, 6) is 1.21. The molecule has 3 aromatic rings. The van der Waals surface area contributed by atoms with Crippen LogP contribution in [0, 0.1) is 5.82 Å². The van der Waals surface area contributed by atoms with Gasteiger partial charge in [0.15, 0.2) is 11.5 Å². The van der Waals surface area contributed by atoms with Crippen LogP contribution in [0.1, 0.15) is 23.4 Å². The fourth-order valence-electron chi connectivity index (χ4n) is 3.39. The van der Waals surface area contributed by atoms with Gasteiger partial charge in [-0.15, -0.1) is 11.8 Å². The number of rotatable bonds is 7. The summed E-state index contributed by atoms with van der Waals surface area (Å²) >= 11 is 7.56. The van der Waals surface area contributed by atoms with E-state index >= 15 is 0 Å². The van der Waals surface area contributed by atoms with E-state index < -0.39 is 0 Å². The molecule has 1 fully saturated rings. The summed E-state index contributed by atoms with van der Waals surface area (Å²) in [5.41, 5.74) is 2.19. The Kier molecular flexibility index (Phi) is 6.68. The Bertz CT molecular complexity index is 1080. The highest BCUT2D eigenvalue weighted by Crippen LogP contribution is 2.44. The SMILES string of the molecule is CCOc1cc([C@H]2SCC(=O)N2c2ccc(Cl)cc2)ccc1OCc1ccccc1F. The molecular weight excluding hydrogens is 437 g/mol. The van der Waals surface area contributed by atoms with Crippen LogP contribution in [0.15, 0.2) is 66.7 Å². The van der Waals surface area contributed by atoms with E-state index in [1.807, 2.05) is 37.3 Å². The van der Waals surface area contributed by atoms with Gasteiger partial charge >= 0.3 is 0 Å². The molecule has 1 aliphatic rings. The zero-order valence-electron chi connectivity index (χ0n) is 16.9. The minimum absolute atomic E-state index is 0.0372. The molecule has 0 saturated carbocycles. The summed E-state index contributed by atoms with van der Waals surface area (Å²) in [6.45, 7) is 2.44. The molecule has 0 aromatic heterocycles. The first-order valence-electron chi connectivity index (χ1n) is 9.89. The fraction of sp³-hybridized carbons (Fsp3) is 0.208. The molecule has 1 atom stereocenters. The average Bonchev–Trinajstić information content (AvgIpc) is 3.16. The molecule has 0 radical (unpaired) electrons. The largest absolute Gasteiger partial charge is 0.490 e. The van der Waals surface area contributed by atoms with Crippen LogP contribution in [0.2, 0.25) is 5.02 Å². The Morgan fingerprint density at radius 3 is 2.58 bits per heavy atom. The maximum Gasteiger partial charge on any atom is 0.238 e. The number of ether oxygens (including phenoxy) is 2. The van der Waals surface area contributed by atoms with E-state index in [0.717, 1.165) is 11.3 Å². The molecule has 1 amide bonds. The average molecular weight is 458 g/mol. The standard InChI is InChI=1S/C24H21ClFNO3S/c1-2-29-22-13-16(7-12-21(22)30-14-17-5-3-4-6-20(17)26)24-27(23(28)15-31-24)19-10-8-18(25)9-11-19/h3-13,24H,2,14-15H2,1H3/t24-/m1/s1. The summed E-state index contributed by atoms with van der Waals surface area (Å²) in [5, 5.41) is 0.433. The molecule has 0 spiro atoms. The number of benzene rings is 3. The zero-order valence-corrected chi connectivity index (χ0v) is 18.5. The van der Waals surface area contributed by atoms with E-state index in [2.05, 4.69) is 0 Å². The molecule has 1 saturated heterocycles. The number of carbonyl (C=O) groups excluding carboxylic acids is 1. The van der Waals surface area contributed by atoms with Crippen molar-refractivity contribution in [1.29, 1.82) is 0 Å². The molecule has 4 rings (SSSR count). The Morgan fingerprint density at radius 2 is 1.84 bits per heavy atom. The van der Waals surface area contributed by atoms with Crippen LogP contribution in [0.3, 0.4) is 0 Å². The smallest absolute Gasteiger partial charge is 0.238 e. The van der Waals surface area contributed by atoms with E-state index in [9.17, 15) is 9.18 Å². The normalized spacial score (nSPS) is 15.9. The molecule has 7 heteroatoms. The quantitative estimate of drug-likeness (QED) is 0.421. The monoisotopic (exact) mass is 457 g/mol. The van der Waals surface area contributed by atoms with Crippen molar-refractivity contribution < 1.29 is 18.7 Å². The minimum atomic E-state index is -0.309. The molecule has 0 aliphatic carbocycles. The molecule has 4 nitrogen and oxygen atoms in total. The van der Waals surface area contributed by atoms with Gasteiger partial charge in [0.1, 0.15) is 17.8 Å². The van der Waals surface area contributed by atoms with Gasteiger partial charge in [0.05, 0.1) is 12.4 Å². The third-order valence-electron chi connectivity index (χ3n) is 4.87. The molecule has 160 valence electrons. The number of thioether (sulfide) groups is 1. The van der Waals surface area contributed by atoms with Gasteiger partial charge in [0.2, 0.25) is 5.91 Å². The number of halogens is 2. The van der Waals surface area contributed by atoms with Crippen LogP contribution in [-0.4, -0.2) is 18.3 Å². The predicted molar refractivity (Wildman–Crippen MR) is 122 cm³/mol. The number of amides is 1. The van der Waals surface area contributed by atoms with E-state index in [1.165, 1.54) is 6.07 Å². The molecule has 0 bridgehead atoms. The first-order chi connectivity index (χ1) is 15.1. The fourth-order valence-corrected chi connectivity index (χ4v) is 4.68. The predicted octanol–water partition coefficient (Wildman–Crippen LogP) is 6.24. The second-order valence-corrected chi connectivity index (χ2v) is 8.43. The highest BCUT2D eigenvalue weighted by atomic mass is 35.5. The summed E-state index contributed by atoms with van der Waals surface area (Å²) < 4.78 is 25.6. The lowest BCUT2D eigenvalue weighted by Gasteiger charge is -2.25. The van der Waals surface area contributed by atoms with Gasteiger partial charge in [-0.1, -0.05) is 35.9 Å². The number of nitrogens with zero attached hydrogens (tertiary/aromatic N) is 1. The van der Waals surface area contributed by atoms with Gasteiger partial charge < -0.3 is 9.47 Å². The van der Waals surface area contributed by atoms with E-state index in [1.54, 1.807) is 47.0 Å². The first kappa shape index (κ1) is 21.5. The van der Waals surface area contributed by atoms with Crippen LogP contribution in [0.5, 0.6) is 11.5 Å². The Balaban J connectivity index is 1.59. The van der Waals surface area contributed by atoms with E-state index in [4.69, 9.17) is 21.1 Å². The van der Waals surface area contributed by atoms with Gasteiger partial charge in [-0.05, 0) is 55.0 Å². The topological polar surface area (TPSA) is 38.8 Å². The van der Waals surface area contributed by atoms with Gasteiger partial charge in [-0.3, -0.25) is 9.69 Å². The summed E-state index contributed by atoms with van der Waals surface area (Å²) in [6, 6.07) is 19.4. The number of hydrogen-bond donors (Lipinski definition) is 0. The lowest BCUT2D eigenvalue weighted by atomic mass is 10.1. The highest BCUT2D eigenvalue weighted by Gasteiger charge is 2.34. The van der Waals surface area contributed by atoms with Crippen LogP contribution < -0.4 is 14.4 Å². The molecule has 3 aromatic carbocycles. The second-order valence-electron chi connectivity index (χ2n) is 6.92. The summed E-state index contributed by atoms with van der Waals surface area (Å²) in [7, 11) is 0. The van der Waals surface area contributed by atoms with Crippen molar-refractivity contribution in [3.63, 3.8) is 0 Å². The second kappa shape index (κ2) is 9.62. The maximum absolute atomic E-state index is 13.9. The van der Waals surface area contributed by atoms with Crippen LogP contribution >= 0.6 is 23.4 Å². The molecule has 1 heterocycles. The lowest BCUT2D eigenvalue weighted by molar-refractivity contribution is -0.115. The summed E-state index contributed by atoms with van der Waals surface area (Å²) in [4.78, 5) is 14.4. The first-order valence-corrected chi connectivity index (χ1v) is 11.3. The van der Waals surface area contributed by atoms with Gasteiger partial charge in [0.25, 0.3) is 0 Å². The van der Waals surface area contributed by atoms with Crippen molar-refractivity contribution in [3.8, 4) is 11.5 Å². The number of hydrogen-bond acceptors (Lipinski definition) is 4. The lowest BCUT2D eigenvalue weighted by Crippen LogP contribution is -2.27. The molecule has 1 aliphatic heterocycles. The van der Waals surface area contributed by atoms with Gasteiger partial charge in [-0.25, -0.2) is 4.39 Å². The van der Waals surface area contributed by atoms with Crippen LogP contribution in [0.25, 0.3) is 0 Å². The van der Waals surface area contributed by atoms with Crippen LogP contribution in [-0.2, 0) is 11.4 Å². The van der Waals surface area contributed by atoms with Crippen molar-refractivity contribution >= 4 is 35.0 Å². The van der Waals surface area contributed by atoms with Gasteiger partial charge in [0, 0.05) is 16.3 Å². The number of anilines is 1. The van der Waals surface area contributed by atoms with Crippen molar-refractivity contribution in [3.05, 3.63) is 88.7 Å².